The van der Waals surface area contributed by atoms with Gasteiger partial charge in [0.1, 0.15) is 17.1 Å². The predicted molar refractivity (Wildman–Crippen MR) is 121 cm³/mol. The quantitative estimate of drug-likeness (QED) is 0.419. The lowest BCUT2D eigenvalue weighted by atomic mass is 9.98. The second kappa shape index (κ2) is 8.75. The van der Waals surface area contributed by atoms with Crippen molar-refractivity contribution in [3.63, 3.8) is 0 Å². The summed E-state index contributed by atoms with van der Waals surface area (Å²) in [4.78, 5) is 16.5. The first kappa shape index (κ1) is 20.2. The number of amides is 1. The zero-order valence-corrected chi connectivity index (χ0v) is 17.5. The normalized spacial score (nSPS) is 11.4. The van der Waals surface area contributed by atoms with Crippen LogP contribution in [-0.2, 0) is 4.79 Å². The van der Waals surface area contributed by atoms with Crippen molar-refractivity contribution in [2.45, 2.75) is 6.92 Å². The second-order valence-corrected chi connectivity index (χ2v) is 6.96. The molecule has 31 heavy (non-hydrogen) atoms. The predicted octanol–water partition coefficient (Wildman–Crippen LogP) is 5.55. The number of benzene rings is 2. The number of ether oxygens (including phenoxy) is 2. The summed E-state index contributed by atoms with van der Waals surface area (Å²) in [5, 5.41) is 3.71. The Hall–Kier alpha value is -4.06. The van der Waals surface area contributed by atoms with Crippen LogP contribution >= 0.6 is 0 Å². The van der Waals surface area contributed by atoms with Crippen LogP contribution in [0.4, 0.5) is 5.69 Å². The van der Waals surface area contributed by atoms with Crippen molar-refractivity contribution < 1.29 is 18.7 Å². The average molecular weight is 414 g/mol. The number of fused-ring (bicyclic) bond motifs is 1. The molecule has 156 valence electrons. The highest BCUT2D eigenvalue weighted by Gasteiger charge is 2.17. The fourth-order valence-corrected chi connectivity index (χ4v) is 3.50. The smallest absolute Gasteiger partial charge is 0.248 e. The molecule has 0 aliphatic heterocycles. The molecule has 2 heterocycles. The molecule has 0 spiro atoms. The second-order valence-electron chi connectivity index (χ2n) is 6.96. The van der Waals surface area contributed by atoms with Gasteiger partial charge in [-0.1, -0.05) is 18.2 Å². The molecule has 0 saturated heterocycles. The maximum absolute atomic E-state index is 12.5. The fourth-order valence-electron chi connectivity index (χ4n) is 3.50. The van der Waals surface area contributed by atoms with Crippen molar-refractivity contribution in [1.82, 2.24) is 4.98 Å². The lowest BCUT2D eigenvalue weighted by molar-refractivity contribution is -0.111. The summed E-state index contributed by atoms with van der Waals surface area (Å²) >= 11 is 0. The number of anilines is 1. The van der Waals surface area contributed by atoms with Crippen molar-refractivity contribution in [3.8, 4) is 22.6 Å². The highest BCUT2D eigenvalue weighted by Crippen LogP contribution is 2.40. The number of methoxy groups -OCH3 is 2. The molecule has 0 aliphatic rings. The van der Waals surface area contributed by atoms with Gasteiger partial charge in [0.25, 0.3) is 0 Å². The van der Waals surface area contributed by atoms with E-state index in [-0.39, 0.29) is 5.91 Å². The van der Waals surface area contributed by atoms with Gasteiger partial charge in [-0.05, 0) is 36.8 Å². The molecule has 0 fully saturated rings. The molecule has 0 aliphatic carbocycles. The zero-order valence-electron chi connectivity index (χ0n) is 17.5. The first-order chi connectivity index (χ1) is 15.1. The number of nitrogens with zero attached hydrogens (tertiary/aromatic N) is 1. The standard InChI is InChI=1S/C25H22N2O4/c1-16(11-25(28)27-17-7-6-10-26-14-17)19-12-20-21(15-31-24(20)13-23(19)30-3)18-8-4-5-9-22(18)29-2/h4-15H,1-3H3,(H,27,28)/b16-11+. The Morgan fingerprint density at radius 3 is 2.58 bits per heavy atom. The minimum atomic E-state index is -0.246. The number of hydrogen-bond donors (Lipinski definition) is 1. The molecule has 0 unspecified atom stereocenters. The summed E-state index contributed by atoms with van der Waals surface area (Å²) in [5.74, 6) is 1.13. The van der Waals surface area contributed by atoms with Gasteiger partial charge in [-0.15, -0.1) is 0 Å². The van der Waals surface area contributed by atoms with Gasteiger partial charge in [-0.2, -0.15) is 0 Å². The lowest BCUT2D eigenvalue weighted by Crippen LogP contribution is -2.08. The number of aromatic nitrogens is 1. The molecular weight excluding hydrogens is 392 g/mol. The van der Waals surface area contributed by atoms with E-state index in [1.54, 1.807) is 51.1 Å². The first-order valence-electron chi connectivity index (χ1n) is 9.73. The molecule has 2 aromatic heterocycles. The molecule has 1 amide bonds. The number of para-hydroxylation sites is 1. The van der Waals surface area contributed by atoms with Crippen molar-refractivity contribution in [2.75, 3.05) is 19.5 Å². The van der Waals surface area contributed by atoms with Gasteiger partial charge in [0.15, 0.2) is 0 Å². The summed E-state index contributed by atoms with van der Waals surface area (Å²) in [6, 6.07) is 15.1. The van der Waals surface area contributed by atoms with E-state index in [1.807, 2.05) is 43.3 Å². The molecule has 0 atom stereocenters. The van der Waals surface area contributed by atoms with Crippen LogP contribution in [0.15, 0.2) is 77.7 Å². The van der Waals surface area contributed by atoms with Crippen LogP contribution in [0, 0.1) is 0 Å². The van der Waals surface area contributed by atoms with Crippen LogP contribution in [-0.4, -0.2) is 25.1 Å². The fraction of sp³-hybridized carbons (Fsp3) is 0.120. The van der Waals surface area contributed by atoms with E-state index < -0.39 is 0 Å². The Bertz CT molecular complexity index is 1260. The molecule has 0 saturated carbocycles. The third-order valence-corrected chi connectivity index (χ3v) is 4.99. The zero-order chi connectivity index (χ0) is 21.8. The Kier molecular flexibility index (Phi) is 5.71. The van der Waals surface area contributed by atoms with Crippen molar-refractivity contribution in [1.29, 1.82) is 0 Å². The van der Waals surface area contributed by atoms with Gasteiger partial charge in [0.2, 0.25) is 5.91 Å². The highest BCUT2D eigenvalue weighted by atomic mass is 16.5. The molecule has 0 radical (unpaired) electrons. The van der Waals surface area contributed by atoms with Crippen LogP contribution in [0.3, 0.4) is 0 Å². The highest BCUT2D eigenvalue weighted by molar-refractivity contribution is 6.05. The SMILES string of the molecule is COc1cc2occ(-c3ccccc3OC)c2cc1/C(C)=C/C(=O)Nc1cccnc1. The van der Waals surface area contributed by atoms with Crippen molar-refractivity contribution in [3.05, 3.63) is 78.8 Å². The topological polar surface area (TPSA) is 73.6 Å². The van der Waals surface area contributed by atoms with Crippen molar-refractivity contribution >= 4 is 28.1 Å². The number of rotatable bonds is 6. The average Bonchev–Trinajstić information content (AvgIpc) is 3.21. The molecule has 0 bridgehead atoms. The number of carbonyl (C=O) groups is 1. The van der Waals surface area contributed by atoms with E-state index in [9.17, 15) is 4.79 Å². The van der Waals surface area contributed by atoms with Crippen LogP contribution in [0.25, 0.3) is 27.7 Å². The lowest BCUT2D eigenvalue weighted by Gasteiger charge is -2.11. The molecule has 4 aromatic rings. The third-order valence-electron chi connectivity index (χ3n) is 4.99. The number of carbonyl (C=O) groups excluding carboxylic acids is 1. The molecule has 2 aromatic carbocycles. The van der Waals surface area contributed by atoms with E-state index in [2.05, 4.69) is 10.3 Å². The summed E-state index contributed by atoms with van der Waals surface area (Å²) in [7, 11) is 3.24. The first-order valence-corrected chi connectivity index (χ1v) is 9.73. The largest absolute Gasteiger partial charge is 0.496 e. The van der Waals surface area contributed by atoms with Crippen molar-refractivity contribution in [2.24, 2.45) is 0 Å². The van der Waals surface area contributed by atoms with Crippen LogP contribution in [0.5, 0.6) is 11.5 Å². The Morgan fingerprint density at radius 2 is 1.84 bits per heavy atom. The number of allylic oxidation sites excluding steroid dienone is 1. The minimum absolute atomic E-state index is 0.246. The molecule has 4 rings (SSSR count). The minimum Gasteiger partial charge on any atom is -0.496 e. The van der Waals surface area contributed by atoms with Gasteiger partial charge in [-0.25, -0.2) is 0 Å². The molecule has 6 nitrogen and oxygen atoms in total. The van der Waals surface area contributed by atoms with E-state index in [1.165, 1.54) is 0 Å². The van der Waals surface area contributed by atoms with Crippen LogP contribution in [0.1, 0.15) is 12.5 Å². The summed E-state index contributed by atoms with van der Waals surface area (Å²) in [5.41, 5.74) is 4.71. The number of nitrogens with one attached hydrogen (secondary N) is 1. The summed E-state index contributed by atoms with van der Waals surface area (Å²) in [6.45, 7) is 1.87. The van der Waals surface area contributed by atoms with E-state index in [0.29, 0.717) is 17.0 Å². The van der Waals surface area contributed by atoms with Crippen LogP contribution in [0.2, 0.25) is 0 Å². The van der Waals surface area contributed by atoms with E-state index in [0.717, 1.165) is 33.4 Å². The van der Waals surface area contributed by atoms with Crippen LogP contribution < -0.4 is 14.8 Å². The Balaban J connectivity index is 1.75. The summed E-state index contributed by atoms with van der Waals surface area (Å²) < 4.78 is 16.9. The van der Waals surface area contributed by atoms with Gasteiger partial charge in [-0.3, -0.25) is 9.78 Å². The number of pyridine rings is 1. The molecular formula is C25H22N2O4. The maximum atomic E-state index is 12.5. The van der Waals surface area contributed by atoms with Gasteiger partial charge >= 0.3 is 0 Å². The monoisotopic (exact) mass is 414 g/mol. The Labute approximate surface area is 180 Å². The van der Waals surface area contributed by atoms with Gasteiger partial charge in [0.05, 0.1) is 32.4 Å². The number of hydrogen-bond acceptors (Lipinski definition) is 5. The maximum Gasteiger partial charge on any atom is 0.248 e. The third kappa shape index (κ3) is 4.14. The van der Waals surface area contributed by atoms with E-state index in [4.69, 9.17) is 13.9 Å². The molecule has 6 heteroatoms. The van der Waals surface area contributed by atoms with Gasteiger partial charge < -0.3 is 19.2 Å². The summed E-state index contributed by atoms with van der Waals surface area (Å²) in [6.07, 6.45) is 6.50. The van der Waals surface area contributed by atoms with E-state index >= 15 is 0 Å². The Morgan fingerprint density at radius 1 is 1.03 bits per heavy atom. The van der Waals surface area contributed by atoms with Gasteiger partial charge in [0, 0.05) is 40.4 Å². The molecule has 1 N–H and O–H groups in total. The number of furan rings is 1.